The van der Waals surface area contributed by atoms with Crippen LogP contribution in [0.2, 0.25) is 0 Å². The highest BCUT2D eigenvalue weighted by molar-refractivity contribution is 8.00. The Balaban J connectivity index is 1.41. The van der Waals surface area contributed by atoms with Gasteiger partial charge in [-0.05, 0) is 48.9 Å². The molecule has 0 fully saturated rings. The second-order valence-electron chi connectivity index (χ2n) is 8.52. The summed E-state index contributed by atoms with van der Waals surface area (Å²) in [6.45, 7) is 1.98. The van der Waals surface area contributed by atoms with Gasteiger partial charge in [0.15, 0.2) is 0 Å². The first kappa shape index (κ1) is 28.1. The van der Waals surface area contributed by atoms with Crippen molar-refractivity contribution >= 4 is 57.5 Å². The van der Waals surface area contributed by atoms with E-state index in [9.17, 15) is 29.5 Å². The van der Waals surface area contributed by atoms with Crippen LogP contribution >= 0.6 is 23.1 Å². The fraction of sp³-hybridized carbons (Fsp3) is 0.0690. The Hall–Kier alpha value is -4.92. The number of thioether (sulfide) groups is 1. The van der Waals surface area contributed by atoms with E-state index >= 15 is 0 Å². The molecule has 0 aliphatic rings. The van der Waals surface area contributed by atoms with Crippen molar-refractivity contribution in [3.8, 4) is 17.2 Å². The number of thiophene rings is 1. The van der Waals surface area contributed by atoms with E-state index in [-0.39, 0.29) is 22.8 Å². The van der Waals surface area contributed by atoms with Gasteiger partial charge in [0, 0.05) is 21.5 Å². The highest BCUT2D eigenvalue weighted by Gasteiger charge is 2.20. The van der Waals surface area contributed by atoms with Gasteiger partial charge in [0.25, 0.3) is 5.91 Å². The third-order valence-corrected chi connectivity index (χ3v) is 7.61. The zero-order valence-corrected chi connectivity index (χ0v) is 22.6. The Labute approximate surface area is 237 Å². The minimum Gasteiger partial charge on any atom is -0.478 e. The lowest BCUT2D eigenvalue weighted by atomic mass is 10.0. The number of nitrogens with zero attached hydrogens (tertiary/aromatic N) is 1. The van der Waals surface area contributed by atoms with Crippen molar-refractivity contribution in [1.82, 2.24) is 0 Å². The number of hydrogen-bond donors (Lipinski definition) is 4. The lowest BCUT2D eigenvalue weighted by Crippen LogP contribution is -2.17. The van der Waals surface area contributed by atoms with Gasteiger partial charge in [-0.1, -0.05) is 35.9 Å². The van der Waals surface area contributed by atoms with Crippen molar-refractivity contribution in [1.29, 1.82) is 5.26 Å². The largest absolute Gasteiger partial charge is 0.478 e. The minimum atomic E-state index is -1.43. The van der Waals surface area contributed by atoms with E-state index in [4.69, 9.17) is 5.11 Å². The zero-order chi connectivity index (χ0) is 28.8. The molecule has 0 atom stereocenters. The third kappa shape index (κ3) is 6.55. The molecule has 4 N–H and O–H groups in total. The monoisotopic (exact) mass is 571 g/mol. The Morgan fingerprint density at radius 1 is 0.925 bits per heavy atom. The van der Waals surface area contributed by atoms with Crippen LogP contribution in [0.4, 0.5) is 10.7 Å². The molecule has 4 rings (SSSR count). The van der Waals surface area contributed by atoms with Crippen LogP contribution in [0, 0.1) is 18.3 Å². The molecule has 200 valence electrons. The van der Waals surface area contributed by atoms with Crippen molar-refractivity contribution in [2.75, 3.05) is 16.4 Å². The summed E-state index contributed by atoms with van der Waals surface area (Å²) < 4.78 is 0. The molecule has 0 aliphatic carbocycles. The number of carboxylic acids is 2. The molecule has 9 nitrogen and oxygen atoms in total. The maximum atomic E-state index is 12.8. The van der Waals surface area contributed by atoms with E-state index in [2.05, 4.69) is 16.7 Å². The van der Waals surface area contributed by atoms with Gasteiger partial charge >= 0.3 is 11.9 Å². The number of aromatic carboxylic acids is 2. The molecular formula is C29H21N3O6S2. The molecular weight excluding hydrogens is 550 g/mol. The van der Waals surface area contributed by atoms with Crippen LogP contribution < -0.4 is 10.6 Å². The average Bonchev–Trinajstić information content (AvgIpc) is 3.34. The topological polar surface area (TPSA) is 157 Å². The summed E-state index contributed by atoms with van der Waals surface area (Å²) in [5.74, 6) is -3.73. The fourth-order valence-corrected chi connectivity index (χ4v) is 5.42. The predicted octanol–water partition coefficient (Wildman–Crippen LogP) is 5.97. The molecule has 1 aromatic heterocycles. The number of anilines is 2. The molecule has 0 unspecified atom stereocenters. The van der Waals surface area contributed by atoms with Gasteiger partial charge in [0.2, 0.25) is 5.91 Å². The summed E-state index contributed by atoms with van der Waals surface area (Å²) in [5.41, 5.74) is 2.63. The van der Waals surface area contributed by atoms with Crippen molar-refractivity contribution in [2.24, 2.45) is 0 Å². The molecule has 0 radical (unpaired) electrons. The van der Waals surface area contributed by atoms with Crippen molar-refractivity contribution in [2.45, 2.75) is 11.8 Å². The maximum Gasteiger partial charge on any atom is 0.336 e. The van der Waals surface area contributed by atoms with E-state index < -0.39 is 23.4 Å². The van der Waals surface area contributed by atoms with Crippen molar-refractivity contribution in [3.63, 3.8) is 0 Å². The number of carboxylic acid groups (broad SMARTS) is 2. The number of benzene rings is 3. The van der Waals surface area contributed by atoms with Crippen molar-refractivity contribution < 1.29 is 29.4 Å². The van der Waals surface area contributed by atoms with Gasteiger partial charge in [0.1, 0.15) is 11.1 Å². The predicted molar refractivity (Wildman–Crippen MR) is 153 cm³/mol. The first-order valence-corrected chi connectivity index (χ1v) is 13.6. The number of carbonyl (C=O) groups excluding carboxylic acids is 2. The van der Waals surface area contributed by atoms with Gasteiger partial charge < -0.3 is 20.8 Å². The van der Waals surface area contributed by atoms with E-state index in [1.54, 1.807) is 24.3 Å². The molecule has 2 amide bonds. The summed E-state index contributed by atoms with van der Waals surface area (Å²) in [4.78, 5) is 48.8. The van der Waals surface area contributed by atoms with E-state index in [1.807, 2.05) is 36.6 Å². The molecule has 0 spiro atoms. The van der Waals surface area contributed by atoms with Crippen LogP contribution in [0.3, 0.4) is 0 Å². The van der Waals surface area contributed by atoms with E-state index in [1.165, 1.54) is 23.1 Å². The maximum absolute atomic E-state index is 12.8. The SMILES string of the molecule is Cc1ccc(-c2csc(NC(=O)CSc3cccc(NC(=O)c4ccc(C(=O)O)cc4C(=O)O)c3)c2C#N)cc1. The van der Waals surface area contributed by atoms with Gasteiger partial charge in [-0.25, -0.2) is 9.59 Å². The second-order valence-corrected chi connectivity index (χ2v) is 10.4. The van der Waals surface area contributed by atoms with E-state index in [0.29, 0.717) is 21.1 Å². The second kappa shape index (κ2) is 12.3. The quantitative estimate of drug-likeness (QED) is 0.179. The zero-order valence-electron chi connectivity index (χ0n) is 20.9. The van der Waals surface area contributed by atoms with Crippen LogP contribution in [0.25, 0.3) is 11.1 Å². The number of carbonyl (C=O) groups is 4. The van der Waals surface area contributed by atoms with Crippen LogP contribution in [0.1, 0.15) is 42.2 Å². The number of rotatable bonds is 9. The smallest absolute Gasteiger partial charge is 0.336 e. The Bertz CT molecular complexity index is 1670. The van der Waals surface area contributed by atoms with Crippen molar-refractivity contribution in [3.05, 3.63) is 99.9 Å². The van der Waals surface area contributed by atoms with Crippen LogP contribution in [0.15, 0.2) is 77.0 Å². The first-order valence-electron chi connectivity index (χ1n) is 11.7. The number of aryl methyl sites for hydroxylation is 1. The Kier molecular flexibility index (Phi) is 8.63. The standard InChI is InChI=1S/C29H21N3O6S2/c1-16-5-7-17(8-6-16)24-14-40-27(23(24)13-30)32-25(33)15-39-20-4-2-3-19(12-20)31-26(34)21-10-9-18(28(35)36)11-22(21)29(37)38/h2-12,14H,15H2,1H3,(H,31,34)(H,32,33)(H,35,36)(H,37,38). The number of hydrogen-bond acceptors (Lipinski definition) is 7. The Morgan fingerprint density at radius 3 is 2.35 bits per heavy atom. The molecule has 0 bridgehead atoms. The lowest BCUT2D eigenvalue weighted by Gasteiger charge is -2.10. The molecule has 11 heteroatoms. The molecule has 1 heterocycles. The molecule has 40 heavy (non-hydrogen) atoms. The van der Waals surface area contributed by atoms with Gasteiger partial charge in [-0.15, -0.1) is 23.1 Å². The molecule has 0 aliphatic heterocycles. The van der Waals surface area contributed by atoms with E-state index in [0.717, 1.165) is 34.9 Å². The fourth-order valence-electron chi connectivity index (χ4n) is 3.73. The number of nitrogens with one attached hydrogen (secondary N) is 2. The highest BCUT2D eigenvalue weighted by atomic mass is 32.2. The van der Waals surface area contributed by atoms with Gasteiger partial charge in [0.05, 0.1) is 28.0 Å². The lowest BCUT2D eigenvalue weighted by molar-refractivity contribution is -0.113. The first-order chi connectivity index (χ1) is 19.2. The summed E-state index contributed by atoms with van der Waals surface area (Å²) in [5, 5.41) is 35.9. The summed E-state index contributed by atoms with van der Waals surface area (Å²) in [6.07, 6.45) is 0. The molecule has 0 saturated carbocycles. The molecule has 0 saturated heterocycles. The van der Waals surface area contributed by atoms with Crippen LogP contribution in [-0.4, -0.2) is 39.7 Å². The van der Waals surface area contributed by atoms with Crippen LogP contribution in [-0.2, 0) is 4.79 Å². The Morgan fingerprint density at radius 2 is 1.68 bits per heavy atom. The summed E-state index contributed by atoms with van der Waals surface area (Å²) >= 11 is 2.49. The summed E-state index contributed by atoms with van der Waals surface area (Å²) in [6, 6.07) is 19.8. The summed E-state index contributed by atoms with van der Waals surface area (Å²) in [7, 11) is 0. The normalized spacial score (nSPS) is 10.4. The third-order valence-electron chi connectivity index (χ3n) is 5.72. The average molecular weight is 572 g/mol. The number of nitriles is 1. The highest BCUT2D eigenvalue weighted by Crippen LogP contribution is 2.35. The van der Waals surface area contributed by atoms with Gasteiger partial charge in [-0.3, -0.25) is 9.59 Å². The van der Waals surface area contributed by atoms with Gasteiger partial charge in [-0.2, -0.15) is 5.26 Å². The van der Waals surface area contributed by atoms with Crippen LogP contribution in [0.5, 0.6) is 0 Å². The number of amides is 2. The molecule has 4 aromatic rings. The minimum absolute atomic E-state index is 0.0415. The molecule has 3 aromatic carbocycles.